The Labute approximate surface area is 200 Å². The second-order valence-electron chi connectivity index (χ2n) is 8.82. The number of fused-ring (bicyclic) bond motifs is 2. The molecule has 2 saturated heterocycles. The molecule has 3 aromatic carbocycles. The maximum atomic E-state index is 14.0. The highest BCUT2D eigenvalue weighted by Gasteiger charge is 2.44. The summed E-state index contributed by atoms with van der Waals surface area (Å²) in [6.07, 6.45) is 2.85. The summed E-state index contributed by atoms with van der Waals surface area (Å²) in [7, 11) is 0. The molecule has 2 atom stereocenters. The molecule has 176 valence electrons. The Morgan fingerprint density at radius 1 is 0.882 bits per heavy atom. The summed E-state index contributed by atoms with van der Waals surface area (Å²) < 4.78 is 46.1. The summed E-state index contributed by atoms with van der Waals surface area (Å²) in [6, 6.07) is 17.5. The first-order valence-electron chi connectivity index (χ1n) is 11.4. The average molecular weight is 484 g/mol. The molecular weight excluding hydrogens is 459 g/mol. The molecule has 0 aromatic heterocycles. The topological polar surface area (TPSA) is 29.5 Å². The zero-order valence-electron chi connectivity index (χ0n) is 18.4. The number of hydrogen-bond donors (Lipinski definition) is 0. The number of piperidine rings is 1. The standard InChI is InChI=1S/C27H24F3NO2S/c28-19-5-10-24(11-6-19)34-16-17-1-3-18(4-2-17)27(32)31-21-8-9-22(31)15-23(14-21)33-26-12-7-20(29)13-25(26)30/h1-7,10-13,21-23H,8-9,14-16H2/t21-,22-/m0/s1. The van der Waals surface area contributed by atoms with Gasteiger partial charge in [-0.1, -0.05) is 12.1 Å². The number of benzene rings is 3. The van der Waals surface area contributed by atoms with Crippen LogP contribution in [0.2, 0.25) is 0 Å². The van der Waals surface area contributed by atoms with Gasteiger partial charge in [0.2, 0.25) is 0 Å². The lowest BCUT2D eigenvalue weighted by molar-refractivity contribution is 0.0349. The molecule has 0 unspecified atom stereocenters. The van der Waals surface area contributed by atoms with Crippen LogP contribution in [-0.2, 0) is 5.75 Å². The normalized spacial score (nSPS) is 21.5. The zero-order chi connectivity index (χ0) is 23.7. The molecule has 5 rings (SSSR count). The van der Waals surface area contributed by atoms with E-state index in [4.69, 9.17) is 4.74 Å². The van der Waals surface area contributed by atoms with Gasteiger partial charge in [-0.05, 0) is 66.9 Å². The van der Waals surface area contributed by atoms with Crippen LogP contribution >= 0.6 is 11.8 Å². The molecule has 2 aliphatic heterocycles. The quantitative estimate of drug-likeness (QED) is 0.370. The lowest BCUT2D eigenvalue weighted by Crippen LogP contribution is -2.49. The van der Waals surface area contributed by atoms with Gasteiger partial charge in [0, 0.05) is 47.2 Å². The average Bonchev–Trinajstić information content (AvgIpc) is 3.10. The molecule has 2 aliphatic rings. The van der Waals surface area contributed by atoms with Crippen molar-refractivity contribution in [2.24, 2.45) is 0 Å². The lowest BCUT2D eigenvalue weighted by Gasteiger charge is -2.39. The van der Waals surface area contributed by atoms with E-state index in [2.05, 4.69) is 0 Å². The van der Waals surface area contributed by atoms with Gasteiger partial charge in [0.1, 0.15) is 17.7 Å². The van der Waals surface area contributed by atoms with E-state index in [1.165, 1.54) is 24.3 Å². The first kappa shape index (κ1) is 22.8. The van der Waals surface area contributed by atoms with Gasteiger partial charge in [-0.15, -0.1) is 11.8 Å². The van der Waals surface area contributed by atoms with E-state index in [1.807, 2.05) is 29.2 Å². The van der Waals surface area contributed by atoms with Crippen molar-refractivity contribution in [3.05, 3.63) is 95.3 Å². The SMILES string of the molecule is O=C(c1ccc(CSc2ccc(F)cc2)cc1)N1[C@H]2CC[C@H]1CC(Oc1ccc(F)cc1F)C2. The van der Waals surface area contributed by atoms with E-state index in [0.29, 0.717) is 18.4 Å². The number of hydrogen-bond acceptors (Lipinski definition) is 3. The van der Waals surface area contributed by atoms with Gasteiger partial charge in [-0.2, -0.15) is 0 Å². The number of amides is 1. The van der Waals surface area contributed by atoms with Crippen molar-refractivity contribution in [2.75, 3.05) is 0 Å². The summed E-state index contributed by atoms with van der Waals surface area (Å²) in [5.74, 6) is -0.793. The maximum Gasteiger partial charge on any atom is 0.254 e. The summed E-state index contributed by atoms with van der Waals surface area (Å²) in [6.45, 7) is 0. The van der Waals surface area contributed by atoms with Crippen LogP contribution in [0.25, 0.3) is 0 Å². The van der Waals surface area contributed by atoms with E-state index in [0.717, 1.165) is 35.1 Å². The molecule has 3 nitrogen and oxygen atoms in total. The largest absolute Gasteiger partial charge is 0.487 e. The number of halogens is 3. The highest BCUT2D eigenvalue weighted by Crippen LogP contribution is 2.38. The molecule has 2 bridgehead atoms. The Morgan fingerprint density at radius 2 is 1.53 bits per heavy atom. The lowest BCUT2D eigenvalue weighted by atomic mass is 9.98. The molecule has 3 aromatic rings. The van der Waals surface area contributed by atoms with Crippen molar-refractivity contribution >= 4 is 17.7 Å². The third kappa shape index (κ3) is 4.94. The molecule has 0 aliphatic carbocycles. The smallest absolute Gasteiger partial charge is 0.254 e. The molecule has 2 fully saturated rings. The number of thioether (sulfide) groups is 1. The van der Waals surface area contributed by atoms with Crippen molar-refractivity contribution in [2.45, 2.75) is 54.5 Å². The number of rotatable bonds is 6. The summed E-state index contributed by atoms with van der Waals surface area (Å²) >= 11 is 1.61. The van der Waals surface area contributed by atoms with E-state index in [9.17, 15) is 18.0 Å². The minimum atomic E-state index is -0.705. The summed E-state index contributed by atoms with van der Waals surface area (Å²) in [4.78, 5) is 16.2. The molecule has 1 amide bonds. The Hall–Kier alpha value is -2.93. The van der Waals surface area contributed by atoms with Crippen LogP contribution in [0.4, 0.5) is 13.2 Å². The van der Waals surface area contributed by atoms with Crippen molar-refractivity contribution in [1.82, 2.24) is 4.90 Å². The molecule has 0 spiro atoms. The zero-order valence-corrected chi connectivity index (χ0v) is 19.2. The van der Waals surface area contributed by atoms with E-state index < -0.39 is 11.6 Å². The van der Waals surface area contributed by atoms with Gasteiger partial charge in [0.05, 0.1) is 0 Å². The number of ether oxygens (including phenoxy) is 1. The van der Waals surface area contributed by atoms with E-state index in [-0.39, 0.29) is 35.7 Å². The third-order valence-electron chi connectivity index (χ3n) is 6.53. The van der Waals surface area contributed by atoms with Crippen LogP contribution in [0.1, 0.15) is 41.6 Å². The van der Waals surface area contributed by atoms with Crippen molar-refractivity contribution < 1.29 is 22.7 Å². The Balaban J connectivity index is 1.20. The fourth-order valence-electron chi connectivity index (χ4n) is 4.90. The number of nitrogens with zero attached hydrogens (tertiary/aromatic N) is 1. The van der Waals surface area contributed by atoms with Crippen molar-refractivity contribution in [1.29, 1.82) is 0 Å². The van der Waals surface area contributed by atoms with E-state index >= 15 is 0 Å². The summed E-state index contributed by atoms with van der Waals surface area (Å²) in [5, 5.41) is 0. The van der Waals surface area contributed by atoms with Crippen LogP contribution < -0.4 is 4.74 Å². The second kappa shape index (κ2) is 9.74. The van der Waals surface area contributed by atoms with Gasteiger partial charge in [0.25, 0.3) is 5.91 Å². The number of carbonyl (C=O) groups is 1. The van der Waals surface area contributed by atoms with Gasteiger partial charge in [0.15, 0.2) is 11.6 Å². The fourth-order valence-corrected chi connectivity index (χ4v) is 5.75. The minimum Gasteiger partial charge on any atom is -0.487 e. The van der Waals surface area contributed by atoms with Gasteiger partial charge >= 0.3 is 0 Å². The Kier molecular flexibility index (Phi) is 6.55. The van der Waals surface area contributed by atoms with Crippen LogP contribution in [0.3, 0.4) is 0 Å². The maximum absolute atomic E-state index is 14.0. The fraction of sp³-hybridized carbons (Fsp3) is 0.296. The van der Waals surface area contributed by atoms with E-state index in [1.54, 1.807) is 23.9 Å². The minimum absolute atomic E-state index is 0.0108. The Morgan fingerprint density at radius 3 is 2.18 bits per heavy atom. The summed E-state index contributed by atoms with van der Waals surface area (Å²) in [5.41, 5.74) is 1.73. The number of carbonyl (C=O) groups excluding carboxylic acids is 1. The second-order valence-corrected chi connectivity index (χ2v) is 9.87. The highest BCUT2D eigenvalue weighted by molar-refractivity contribution is 7.98. The Bertz CT molecular complexity index is 1160. The predicted octanol–water partition coefficient (Wildman–Crippen LogP) is 6.61. The van der Waals surface area contributed by atoms with Crippen LogP contribution in [-0.4, -0.2) is 29.0 Å². The van der Waals surface area contributed by atoms with Gasteiger partial charge in [-0.3, -0.25) is 4.79 Å². The first-order chi connectivity index (χ1) is 16.5. The monoisotopic (exact) mass is 483 g/mol. The molecule has 2 heterocycles. The van der Waals surface area contributed by atoms with Gasteiger partial charge in [-0.25, -0.2) is 13.2 Å². The molecule has 0 radical (unpaired) electrons. The molecule has 7 heteroatoms. The first-order valence-corrected chi connectivity index (χ1v) is 12.4. The van der Waals surface area contributed by atoms with Crippen LogP contribution in [0, 0.1) is 17.5 Å². The molecular formula is C27H24F3NO2S. The van der Waals surface area contributed by atoms with Gasteiger partial charge < -0.3 is 9.64 Å². The highest BCUT2D eigenvalue weighted by atomic mass is 32.2. The third-order valence-corrected chi connectivity index (χ3v) is 7.62. The molecule has 0 N–H and O–H groups in total. The molecule has 34 heavy (non-hydrogen) atoms. The van der Waals surface area contributed by atoms with Crippen LogP contribution in [0.5, 0.6) is 5.75 Å². The molecule has 0 saturated carbocycles. The van der Waals surface area contributed by atoms with Crippen molar-refractivity contribution in [3.8, 4) is 5.75 Å². The van der Waals surface area contributed by atoms with Crippen LogP contribution in [0.15, 0.2) is 71.6 Å². The predicted molar refractivity (Wildman–Crippen MR) is 125 cm³/mol. The van der Waals surface area contributed by atoms with Crippen molar-refractivity contribution in [3.63, 3.8) is 0 Å².